The van der Waals surface area contributed by atoms with E-state index in [0.29, 0.717) is 21.9 Å². The van der Waals surface area contributed by atoms with Crippen molar-refractivity contribution in [3.63, 3.8) is 0 Å². The van der Waals surface area contributed by atoms with Crippen molar-refractivity contribution in [2.45, 2.75) is 0 Å². The Morgan fingerprint density at radius 2 is 1.71 bits per heavy atom. The van der Waals surface area contributed by atoms with Crippen LogP contribution in [0.1, 0.15) is 0 Å². The van der Waals surface area contributed by atoms with E-state index in [1.807, 2.05) is 48.5 Å². The highest BCUT2D eigenvalue weighted by atomic mass is 16.5. The van der Waals surface area contributed by atoms with Crippen LogP contribution in [0.3, 0.4) is 0 Å². The maximum Gasteiger partial charge on any atom is 0.200 e. The Morgan fingerprint density at radius 1 is 0.857 bits per heavy atom. The molecule has 0 aliphatic carbocycles. The minimum Gasteiger partial charge on any atom is -0.496 e. The zero-order valence-corrected chi connectivity index (χ0v) is 11.4. The van der Waals surface area contributed by atoms with Crippen LogP contribution < -0.4 is 10.2 Å². The lowest BCUT2D eigenvalue weighted by Crippen LogP contribution is -2.02. The highest BCUT2D eigenvalue weighted by molar-refractivity contribution is 6.01. The molecule has 1 aromatic heterocycles. The molecule has 0 bridgehead atoms. The summed E-state index contributed by atoms with van der Waals surface area (Å²) in [5.41, 5.74) is 1.19. The lowest BCUT2D eigenvalue weighted by molar-refractivity contribution is 0.420. The largest absolute Gasteiger partial charge is 0.496 e. The first-order chi connectivity index (χ1) is 10.3. The van der Waals surface area contributed by atoms with Gasteiger partial charge in [-0.1, -0.05) is 24.3 Å². The van der Waals surface area contributed by atoms with Gasteiger partial charge in [-0.25, -0.2) is 0 Å². The van der Waals surface area contributed by atoms with Gasteiger partial charge in [0, 0.05) is 5.39 Å². The molecular weight excluding hydrogens is 264 g/mol. The van der Waals surface area contributed by atoms with Gasteiger partial charge in [-0.15, -0.1) is 0 Å². The van der Waals surface area contributed by atoms with Crippen LogP contribution in [-0.4, -0.2) is 7.11 Å². The monoisotopic (exact) mass is 276 g/mol. The van der Waals surface area contributed by atoms with E-state index in [0.717, 1.165) is 16.5 Å². The summed E-state index contributed by atoms with van der Waals surface area (Å²) in [5, 5.41) is 3.07. The molecule has 0 fully saturated rings. The SMILES string of the molecule is COc1cccc2cc3oc4ccccc4c(=O)c3cc12. The van der Waals surface area contributed by atoms with E-state index in [1.54, 1.807) is 13.2 Å². The van der Waals surface area contributed by atoms with E-state index in [1.165, 1.54) is 0 Å². The Morgan fingerprint density at radius 3 is 2.57 bits per heavy atom. The van der Waals surface area contributed by atoms with E-state index < -0.39 is 0 Å². The fourth-order valence-electron chi connectivity index (χ4n) is 2.72. The molecular formula is C18H12O3. The normalized spacial score (nSPS) is 11.3. The predicted molar refractivity (Wildman–Crippen MR) is 84.0 cm³/mol. The van der Waals surface area contributed by atoms with Crippen LogP contribution >= 0.6 is 0 Å². The smallest absolute Gasteiger partial charge is 0.200 e. The number of para-hydroxylation sites is 1. The summed E-state index contributed by atoms with van der Waals surface area (Å²) in [6, 6.07) is 16.8. The number of rotatable bonds is 1. The van der Waals surface area contributed by atoms with Crippen LogP contribution in [0.15, 0.2) is 63.8 Å². The second-order valence-electron chi connectivity index (χ2n) is 4.96. The molecule has 0 spiro atoms. The van der Waals surface area contributed by atoms with Crippen LogP contribution in [0, 0.1) is 0 Å². The van der Waals surface area contributed by atoms with E-state index in [2.05, 4.69) is 0 Å². The maximum absolute atomic E-state index is 12.6. The van der Waals surface area contributed by atoms with Crippen molar-refractivity contribution < 1.29 is 9.15 Å². The molecule has 3 aromatic carbocycles. The first-order valence-electron chi connectivity index (χ1n) is 6.70. The summed E-state index contributed by atoms with van der Waals surface area (Å²) in [7, 11) is 1.63. The first-order valence-corrected chi connectivity index (χ1v) is 6.70. The van der Waals surface area contributed by atoms with Crippen LogP contribution in [0.4, 0.5) is 0 Å². The van der Waals surface area contributed by atoms with Gasteiger partial charge in [0.25, 0.3) is 0 Å². The van der Waals surface area contributed by atoms with Crippen molar-refractivity contribution in [1.82, 2.24) is 0 Å². The molecule has 0 radical (unpaired) electrons. The fraction of sp³-hybridized carbons (Fsp3) is 0.0556. The number of fused-ring (bicyclic) bond motifs is 3. The standard InChI is InChI=1S/C18H12O3/c1-20-15-8-4-5-11-9-17-14(10-13(11)15)18(19)12-6-2-3-7-16(12)21-17/h2-10H,1H3. The zero-order chi connectivity index (χ0) is 14.4. The number of methoxy groups -OCH3 is 1. The summed E-state index contributed by atoms with van der Waals surface area (Å²) in [4.78, 5) is 12.6. The Balaban J connectivity index is 2.24. The van der Waals surface area contributed by atoms with Crippen molar-refractivity contribution in [2.24, 2.45) is 0 Å². The van der Waals surface area contributed by atoms with Crippen molar-refractivity contribution >= 4 is 32.7 Å². The van der Waals surface area contributed by atoms with E-state index >= 15 is 0 Å². The van der Waals surface area contributed by atoms with Gasteiger partial charge < -0.3 is 9.15 Å². The summed E-state index contributed by atoms with van der Waals surface area (Å²) >= 11 is 0. The molecule has 0 aliphatic heterocycles. The van der Waals surface area contributed by atoms with Crippen LogP contribution in [-0.2, 0) is 0 Å². The van der Waals surface area contributed by atoms with Crippen LogP contribution in [0.2, 0.25) is 0 Å². The van der Waals surface area contributed by atoms with Gasteiger partial charge in [0.2, 0.25) is 5.43 Å². The van der Waals surface area contributed by atoms with Crippen LogP contribution in [0.25, 0.3) is 32.7 Å². The van der Waals surface area contributed by atoms with Gasteiger partial charge in [-0.05, 0) is 35.7 Å². The van der Waals surface area contributed by atoms with E-state index in [4.69, 9.17) is 9.15 Å². The molecule has 0 N–H and O–H groups in total. The number of hydrogen-bond acceptors (Lipinski definition) is 3. The second-order valence-corrected chi connectivity index (χ2v) is 4.96. The predicted octanol–water partition coefficient (Wildman–Crippen LogP) is 4.11. The van der Waals surface area contributed by atoms with Gasteiger partial charge in [0.05, 0.1) is 17.9 Å². The lowest BCUT2D eigenvalue weighted by atomic mass is 10.1. The minimum absolute atomic E-state index is 0.0142. The molecule has 0 aliphatic rings. The molecule has 1 heterocycles. The Hall–Kier alpha value is -2.81. The summed E-state index contributed by atoms with van der Waals surface area (Å²) < 4.78 is 11.2. The molecule has 21 heavy (non-hydrogen) atoms. The van der Waals surface area contributed by atoms with E-state index in [9.17, 15) is 4.79 Å². The Labute approximate surface area is 120 Å². The Bertz CT molecular complexity index is 1040. The van der Waals surface area contributed by atoms with Gasteiger partial charge in [0.15, 0.2) is 0 Å². The summed E-state index contributed by atoms with van der Waals surface area (Å²) in [6.07, 6.45) is 0. The van der Waals surface area contributed by atoms with Gasteiger partial charge >= 0.3 is 0 Å². The molecule has 0 saturated heterocycles. The van der Waals surface area contributed by atoms with Gasteiger partial charge in [-0.2, -0.15) is 0 Å². The molecule has 4 rings (SSSR count). The van der Waals surface area contributed by atoms with Crippen molar-refractivity contribution in [1.29, 1.82) is 0 Å². The third-order valence-electron chi connectivity index (χ3n) is 3.76. The molecule has 3 heteroatoms. The first kappa shape index (κ1) is 12.0. The fourth-order valence-corrected chi connectivity index (χ4v) is 2.72. The van der Waals surface area contributed by atoms with Gasteiger partial charge in [-0.3, -0.25) is 4.79 Å². The third-order valence-corrected chi connectivity index (χ3v) is 3.76. The lowest BCUT2D eigenvalue weighted by Gasteiger charge is -2.07. The third kappa shape index (κ3) is 1.71. The molecule has 4 aromatic rings. The van der Waals surface area contributed by atoms with Gasteiger partial charge in [0.1, 0.15) is 16.9 Å². The average molecular weight is 276 g/mol. The van der Waals surface area contributed by atoms with Crippen molar-refractivity contribution in [3.05, 3.63) is 64.8 Å². The Kier molecular flexibility index (Phi) is 2.48. The molecule has 0 unspecified atom stereocenters. The molecule has 0 amide bonds. The van der Waals surface area contributed by atoms with Crippen LogP contribution in [0.5, 0.6) is 5.75 Å². The van der Waals surface area contributed by atoms with E-state index in [-0.39, 0.29) is 5.43 Å². The molecule has 0 saturated carbocycles. The highest BCUT2D eigenvalue weighted by Crippen LogP contribution is 2.29. The molecule has 102 valence electrons. The highest BCUT2D eigenvalue weighted by Gasteiger charge is 2.10. The number of hydrogen-bond donors (Lipinski definition) is 0. The molecule has 3 nitrogen and oxygen atoms in total. The van der Waals surface area contributed by atoms with Crippen molar-refractivity contribution in [2.75, 3.05) is 7.11 Å². The maximum atomic E-state index is 12.6. The molecule has 0 atom stereocenters. The average Bonchev–Trinajstić information content (AvgIpc) is 2.53. The topological polar surface area (TPSA) is 39.4 Å². The summed E-state index contributed by atoms with van der Waals surface area (Å²) in [6.45, 7) is 0. The van der Waals surface area contributed by atoms with Crippen molar-refractivity contribution in [3.8, 4) is 5.75 Å². The second kappa shape index (κ2) is 4.35. The number of ether oxygens (including phenoxy) is 1. The quantitative estimate of drug-likeness (QED) is 0.491. The number of benzene rings is 3. The summed E-state index contributed by atoms with van der Waals surface area (Å²) in [5.74, 6) is 0.752. The zero-order valence-electron chi connectivity index (χ0n) is 11.4. The minimum atomic E-state index is -0.0142.